The van der Waals surface area contributed by atoms with Crippen LogP contribution in [-0.4, -0.2) is 44.2 Å². The Balaban J connectivity index is 1.32. The maximum atomic E-state index is 12.7. The SMILES string of the molecule is Cc1nc2n(n1)C[C@@H](NCC(=O)N(Cc1ccsc1)C1CC1)CC2. The molecule has 2 aromatic rings. The molecule has 1 fully saturated rings. The Morgan fingerprint density at radius 3 is 3.08 bits per heavy atom. The third-order valence-electron chi connectivity index (χ3n) is 4.75. The number of aromatic nitrogens is 3. The van der Waals surface area contributed by atoms with Crippen molar-refractivity contribution in [2.24, 2.45) is 0 Å². The Morgan fingerprint density at radius 1 is 1.46 bits per heavy atom. The van der Waals surface area contributed by atoms with Gasteiger partial charge >= 0.3 is 0 Å². The monoisotopic (exact) mass is 345 g/mol. The first-order valence-electron chi connectivity index (χ1n) is 8.63. The van der Waals surface area contributed by atoms with Gasteiger partial charge < -0.3 is 10.2 Å². The van der Waals surface area contributed by atoms with Gasteiger partial charge in [-0.05, 0) is 48.6 Å². The predicted molar refractivity (Wildman–Crippen MR) is 92.8 cm³/mol. The van der Waals surface area contributed by atoms with Crippen molar-refractivity contribution in [1.82, 2.24) is 25.0 Å². The summed E-state index contributed by atoms with van der Waals surface area (Å²) < 4.78 is 1.98. The maximum Gasteiger partial charge on any atom is 0.237 e. The molecule has 0 saturated heterocycles. The first kappa shape index (κ1) is 15.8. The first-order chi connectivity index (χ1) is 11.7. The van der Waals surface area contributed by atoms with Gasteiger partial charge in [0.1, 0.15) is 11.6 Å². The average Bonchev–Trinajstić information content (AvgIpc) is 3.14. The Morgan fingerprint density at radius 2 is 2.33 bits per heavy atom. The molecule has 1 atom stereocenters. The van der Waals surface area contributed by atoms with Crippen molar-refractivity contribution in [3.8, 4) is 0 Å². The largest absolute Gasteiger partial charge is 0.334 e. The van der Waals surface area contributed by atoms with E-state index in [9.17, 15) is 4.79 Å². The van der Waals surface area contributed by atoms with E-state index in [1.54, 1.807) is 11.3 Å². The van der Waals surface area contributed by atoms with Crippen LogP contribution >= 0.6 is 11.3 Å². The summed E-state index contributed by atoms with van der Waals surface area (Å²) in [6, 6.07) is 2.84. The minimum atomic E-state index is 0.212. The summed E-state index contributed by atoms with van der Waals surface area (Å²) in [5.41, 5.74) is 1.24. The molecule has 0 spiro atoms. The maximum absolute atomic E-state index is 12.7. The van der Waals surface area contributed by atoms with Gasteiger partial charge in [-0.1, -0.05) is 0 Å². The van der Waals surface area contributed by atoms with Crippen LogP contribution in [0.2, 0.25) is 0 Å². The molecule has 4 rings (SSSR count). The van der Waals surface area contributed by atoms with Gasteiger partial charge in [0.05, 0.1) is 13.1 Å². The van der Waals surface area contributed by atoms with Crippen molar-refractivity contribution in [1.29, 1.82) is 0 Å². The van der Waals surface area contributed by atoms with E-state index in [1.807, 2.05) is 16.5 Å². The molecule has 3 heterocycles. The summed E-state index contributed by atoms with van der Waals surface area (Å²) >= 11 is 1.69. The molecule has 0 radical (unpaired) electrons. The van der Waals surface area contributed by atoms with Gasteiger partial charge in [-0.25, -0.2) is 9.67 Å². The van der Waals surface area contributed by atoms with Crippen LogP contribution in [0.15, 0.2) is 16.8 Å². The molecule has 0 aromatic carbocycles. The number of amides is 1. The summed E-state index contributed by atoms with van der Waals surface area (Å²) in [6.07, 6.45) is 4.22. The standard InChI is InChI=1S/C17H23N5OS/c1-12-19-16-5-2-14(10-22(16)20-12)18-8-17(23)21(15-3-4-15)9-13-6-7-24-11-13/h6-7,11,14-15,18H,2-5,8-10H2,1H3/t14-/m0/s1. The lowest BCUT2D eigenvalue weighted by molar-refractivity contribution is -0.131. The van der Waals surface area contributed by atoms with E-state index in [0.29, 0.717) is 18.6 Å². The van der Waals surface area contributed by atoms with Crippen LogP contribution in [0.5, 0.6) is 0 Å². The molecule has 0 bridgehead atoms. The highest BCUT2D eigenvalue weighted by Gasteiger charge is 2.32. The molecule has 1 amide bonds. The topological polar surface area (TPSA) is 63.1 Å². The first-order valence-corrected chi connectivity index (χ1v) is 9.57. The van der Waals surface area contributed by atoms with Crippen LogP contribution in [0.4, 0.5) is 0 Å². The summed E-state index contributed by atoms with van der Waals surface area (Å²) in [5.74, 6) is 2.11. The van der Waals surface area contributed by atoms with Gasteiger partial charge in [-0.2, -0.15) is 16.4 Å². The quantitative estimate of drug-likeness (QED) is 0.866. The van der Waals surface area contributed by atoms with Gasteiger partial charge in [0.15, 0.2) is 0 Å². The fourth-order valence-corrected chi connectivity index (χ4v) is 3.98. The molecular formula is C17H23N5OS. The van der Waals surface area contributed by atoms with Crippen molar-refractivity contribution in [3.05, 3.63) is 34.0 Å². The number of hydrogen-bond acceptors (Lipinski definition) is 5. The second kappa shape index (κ2) is 6.64. The number of hydrogen-bond donors (Lipinski definition) is 1. The van der Waals surface area contributed by atoms with Crippen LogP contribution < -0.4 is 5.32 Å². The second-order valence-corrected chi connectivity index (χ2v) is 7.54. The van der Waals surface area contributed by atoms with Crippen molar-refractivity contribution < 1.29 is 4.79 Å². The molecule has 7 heteroatoms. The minimum absolute atomic E-state index is 0.212. The molecule has 1 N–H and O–H groups in total. The van der Waals surface area contributed by atoms with Crippen molar-refractivity contribution >= 4 is 17.2 Å². The number of nitrogens with zero attached hydrogens (tertiary/aromatic N) is 4. The summed E-state index contributed by atoms with van der Waals surface area (Å²) in [6.45, 7) is 3.88. The number of aryl methyl sites for hydroxylation is 2. The second-order valence-electron chi connectivity index (χ2n) is 6.76. The molecule has 1 aliphatic carbocycles. The molecule has 1 saturated carbocycles. The Hall–Kier alpha value is -1.73. The van der Waals surface area contributed by atoms with Crippen LogP contribution in [0.1, 0.15) is 36.5 Å². The zero-order valence-corrected chi connectivity index (χ0v) is 14.8. The lowest BCUT2D eigenvalue weighted by Gasteiger charge is -2.26. The fourth-order valence-electron chi connectivity index (χ4n) is 3.32. The van der Waals surface area contributed by atoms with E-state index in [-0.39, 0.29) is 5.91 Å². The van der Waals surface area contributed by atoms with Gasteiger partial charge in [0.25, 0.3) is 0 Å². The molecular weight excluding hydrogens is 322 g/mol. The smallest absolute Gasteiger partial charge is 0.237 e. The van der Waals surface area contributed by atoms with Crippen LogP contribution in [0.25, 0.3) is 0 Å². The minimum Gasteiger partial charge on any atom is -0.334 e. The molecule has 2 aromatic heterocycles. The molecule has 2 aliphatic rings. The molecule has 0 unspecified atom stereocenters. The van der Waals surface area contributed by atoms with Gasteiger partial charge in [0, 0.05) is 25.0 Å². The summed E-state index contributed by atoms with van der Waals surface area (Å²) in [4.78, 5) is 19.2. The number of carbonyl (C=O) groups is 1. The Labute approximate surface area is 145 Å². The molecule has 6 nitrogen and oxygen atoms in total. The molecule has 24 heavy (non-hydrogen) atoms. The third-order valence-corrected chi connectivity index (χ3v) is 5.48. The lowest BCUT2D eigenvalue weighted by Crippen LogP contribution is -2.45. The normalized spacial score (nSPS) is 20.0. The zero-order valence-electron chi connectivity index (χ0n) is 13.9. The van der Waals surface area contributed by atoms with Crippen molar-refractivity contribution in [2.75, 3.05) is 6.54 Å². The van der Waals surface area contributed by atoms with E-state index in [0.717, 1.165) is 50.4 Å². The highest BCUT2D eigenvalue weighted by atomic mass is 32.1. The number of thiophene rings is 1. The lowest BCUT2D eigenvalue weighted by atomic mass is 10.1. The zero-order chi connectivity index (χ0) is 16.5. The van der Waals surface area contributed by atoms with Crippen LogP contribution in [0, 0.1) is 6.92 Å². The van der Waals surface area contributed by atoms with Crippen LogP contribution in [0.3, 0.4) is 0 Å². The Bertz CT molecular complexity index is 707. The van der Waals surface area contributed by atoms with E-state index >= 15 is 0 Å². The van der Waals surface area contributed by atoms with Crippen molar-refractivity contribution in [3.63, 3.8) is 0 Å². The predicted octanol–water partition coefficient (Wildman–Crippen LogP) is 1.74. The number of carbonyl (C=O) groups excluding carboxylic acids is 1. The Kier molecular flexibility index (Phi) is 4.37. The van der Waals surface area contributed by atoms with Crippen LogP contribution in [-0.2, 0) is 24.3 Å². The van der Waals surface area contributed by atoms with E-state index < -0.39 is 0 Å². The summed E-state index contributed by atoms with van der Waals surface area (Å²) in [5, 5.41) is 12.1. The number of nitrogens with one attached hydrogen (secondary N) is 1. The fraction of sp³-hybridized carbons (Fsp3) is 0.588. The van der Waals surface area contributed by atoms with E-state index in [4.69, 9.17) is 0 Å². The third kappa shape index (κ3) is 3.52. The van der Waals surface area contributed by atoms with Gasteiger partial charge in [-0.3, -0.25) is 4.79 Å². The highest BCUT2D eigenvalue weighted by Crippen LogP contribution is 2.28. The van der Waals surface area contributed by atoms with Crippen molar-refractivity contribution in [2.45, 2.75) is 57.8 Å². The van der Waals surface area contributed by atoms with E-state index in [1.165, 1.54) is 5.56 Å². The van der Waals surface area contributed by atoms with Gasteiger partial charge in [-0.15, -0.1) is 0 Å². The highest BCUT2D eigenvalue weighted by molar-refractivity contribution is 7.07. The number of rotatable bonds is 6. The van der Waals surface area contributed by atoms with E-state index in [2.05, 4.69) is 32.2 Å². The molecule has 128 valence electrons. The van der Waals surface area contributed by atoms with Gasteiger partial charge in [0.2, 0.25) is 5.91 Å². The average molecular weight is 345 g/mol. The molecule has 1 aliphatic heterocycles. The summed E-state index contributed by atoms with van der Waals surface area (Å²) in [7, 11) is 0. The number of fused-ring (bicyclic) bond motifs is 1.